The number of hydrogen-bond donors (Lipinski definition) is 2. The zero-order chi connectivity index (χ0) is 22.8. The topological polar surface area (TPSA) is 103 Å². The van der Waals surface area contributed by atoms with Crippen molar-refractivity contribution in [3.05, 3.63) is 84.3 Å². The molecule has 0 bridgehead atoms. The number of rotatable bonds is 7. The molecule has 8 nitrogen and oxygen atoms in total. The summed E-state index contributed by atoms with van der Waals surface area (Å²) in [4.78, 5) is 8.63. The van der Waals surface area contributed by atoms with Crippen molar-refractivity contribution in [2.24, 2.45) is 5.73 Å². The van der Waals surface area contributed by atoms with Gasteiger partial charge in [0.15, 0.2) is 0 Å². The fraction of sp³-hybridized carbons (Fsp3) is 0.280. The predicted octanol–water partition coefficient (Wildman–Crippen LogP) is 3.46. The van der Waals surface area contributed by atoms with E-state index in [1.165, 1.54) is 11.1 Å². The van der Waals surface area contributed by atoms with Crippen molar-refractivity contribution in [3.8, 4) is 23.3 Å². The molecule has 0 radical (unpaired) electrons. The number of benzene rings is 2. The Bertz CT molecular complexity index is 1200. The number of aromatic amines is 1. The molecule has 2 heterocycles. The second-order valence-corrected chi connectivity index (χ2v) is 8.84. The summed E-state index contributed by atoms with van der Waals surface area (Å²) in [6, 6.07) is 18.4. The molecule has 0 aliphatic heterocycles. The van der Waals surface area contributed by atoms with E-state index < -0.39 is 0 Å². The lowest BCUT2D eigenvalue weighted by molar-refractivity contribution is -0.666. The quantitative estimate of drug-likeness (QED) is 0.424. The van der Waals surface area contributed by atoms with E-state index in [1.54, 1.807) is 29.3 Å². The largest absolute Gasteiger partial charge is 0.490 e. The fourth-order valence-electron chi connectivity index (χ4n) is 3.92. The monoisotopic (exact) mass is 443 g/mol. The number of nitrogens with one attached hydrogen (secondary N) is 1. The first-order valence-corrected chi connectivity index (χ1v) is 11.0. The van der Waals surface area contributed by atoms with E-state index in [4.69, 9.17) is 15.2 Å². The highest BCUT2D eigenvalue weighted by Gasteiger charge is 2.28. The number of hydrogen-bond acceptors (Lipinski definition) is 6. The Kier molecular flexibility index (Phi) is 5.51. The molecule has 8 heteroatoms. The number of nitrogens with two attached hydrogens (primary N) is 1. The number of nitrogens with zero attached hydrogens (tertiary/aromatic N) is 4. The summed E-state index contributed by atoms with van der Waals surface area (Å²) in [6.45, 7) is 4.42. The van der Waals surface area contributed by atoms with Crippen molar-refractivity contribution in [2.75, 3.05) is 0 Å². The molecule has 2 aromatic heterocycles. The standard InChI is InChI=1S/C25H26N6O2/c1-25(2,17-3-7-20(8-4-17)32-22-15-19(26)16-22)18-5-9-21(10-6-18)33-23-11-12-27-24(29-23)31-14-13-28-30-31/h3-14,19,22H,15-16,26H2,1-2H3/p+1. The summed E-state index contributed by atoms with van der Waals surface area (Å²) >= 11 is 0. The van der Waals surface area contributed by atoms with Crippen molar-refractivity contribution in [2.45, 2.75) is 44.2 Å². The van der Waals surface area contributed by atoms with Crippen LogP contribution in [0.2, 0.25) is 0 Å². The van der Waals surface area contributed by atoms with Crippen LogP contribution in [-0.2, 0) is 5.41 Å². The van der Waals surface area contributed by atoms with Gasteiger partial charge in [0.25, 0.3) is 5.88 Å². The third kappa shape index (κ3) is 4.56. The Morgan fingerprint density at radius 3 is 2.21 bits per heavy atom. The van der Waals surface area contributed by atoms with Crippen LogP contribution in [-0.4, -0.2) is 32.4 Å². The Hall–Kier alpha value is -3.78. The molecule has 168 valence electrons. The van der Waals surface area contributed by atoms with Crippen LogP contribution in [0.1, 0.15) is 37.8 Å². The molecule has 0 spiro atoms. The zero-order valence-electron chi connectivity index (χ0n) is 18.7. The van der Waals surface area contributed by atoms with Crippen LogP contribution < -0.4 is 19.9 Å². The Morgan fingerprint density at radius 1 is 0.939 bits per heavy atom. The van der Waals surface area contributed by atoms with Crippen molar-refractivity contribution < 1.29 is 14.2 Å². The van der Waals surface area contributed by atoms with Gasteiger partial charge in [-0.05, 0) is 48.2 Å². The molecule has 1 saturated carbocycles. The van der Waals surface area contributed by atoms with Crippen LogP contribution in [0.3, 0.4) is 0 Å². The maximum Gasteiger partial charge on any atom is 0.409 e. The van der Waals surface area contributed by atoms with E-state index >= 15 is 0 Å². The van der Waals surface area contributed by atoms with E-state index in [0.29, 0.717) is 17.6 Å². The predicted molar refractivity (Wildman–Crippen MR) is 122 cm³/mol. The average Bonchev–Trinajstić information content (AvgIpc) is 3.34. The second kappa shape index (κ2) is 8.63. The van der Waals surface area contributed by atoms with Crippen molar-refractivity contribution in [3.63, 3.8) is 0 Å². The molecular weight excluding hydrogens is 416 g/mol. The van der Waals surface area contributed by atoms with Crippen molar-refractivity contribution in [1.29, 1.82) is 0 Å². The minimum absolute atomic E-state index is 0.171. The molecule has 5 rings (SSSR count). The smallest absolute Gasteiger partial charge is 0.409 e. The van der Waals surface area contributed by atoms with Gasteiger partial charge in [-0.1, -0.05) is 48.2 Å². The summed E-state index contributed by atoms with van der Waals surface area (Å²) < 4.78 is 13.5. The highest BCUT2D eigenvalue weighted by Crippen LogP contribution is 2.34. The molecule has 1 aliphatic rings. The van der Waals surface area contributed by atoms with Crippen molar-refractivity contribution in [1.82, 2.24) is 20.3 Å². The van der Waals surface area contributed by atoms with Gasteiger partial charge in [0.2, 0.25) is 0 Å². The molecule has 0 amide bonds. The third-order valence-electron chi connectivity index (χ3n) is 6.10. The van der Waals surface area contributed by atoms with Crippen LogP contribution in [0.15, 0.2) is 73.2 Å². The summed E-state index contributed by atoms with van der Waals surface area (Å²) in [7, 11) is 0. The molecule has 3 N–H and O–H groups in total. The molecule has 0 atom stereocenters. The van der Waals surface area contributed by atoms with Gasteiger partial charge in [0.1, 0.15) is 30.0 Å². The first kappa shape index (κ1) is 21.1. The molecule has 0 unspecified atom stereocenters. The Labute approximate surface area is 192 Å². The van der Waals surface area contributed by atoms with Gasteiger partial charge in [-0.2, -0.15) is 0 Å². The van der Waals surface area contributed by atoms with Gasteiger partial charge >= 0.3 is 5.95 Å². The number of H-pyrrole nitrogens is 1. The number of ether oxygens (including phenoxy) is 2. The molecule has 2 aromatic carbocycles. The molecular formula is C25H27N6O2+. The van der Waals surface area contributed by atoms with Gasteiger partial charge in [-0.25, -0.2) is 0 Å². The van der Waals surface area contributed by atoms with Gasteiger partial charge in [0, 0.05) is 17.5 Å². The van der Waals surface area contributed by atoms with E-state index in [9.17, 15) is 0 Å². The minimum atomic E-state index is -0.171. The lowest BCUT2D eigenvalue weighted by atomic mass is 9.78. The molecule has 1 aliphatic carbocycles. The highest BCUT2D eigenvalue weighted by molar-refractivity contribution is 5.42. The first-order chi connectivity index (χ1) is 16.0. The zero-order valence-corrected chi connectivity index (χ0v) is 18.7. The van der Waals surface area contributed by atoms with Crippen LogP contribution in [0.25, 0.3) is 5.95 Å². The minimum Gasteiger partial charge on any atom is -0.490 e. The van der Waals surface area contributed by atoms with Crippen LogP contribution >= 0.6 is 0 Å². The second-order valence-electron chi connectivity index (χ2n) is 8.84. The first-order valence-electron chi connectivity index (χ1n) is 11.0. The van der Waals surface area contributed by atoms with E-state index in [1.807, 2.05) is 24.3 Å². The molecule has 1 fully saturated rings. The van der Waals surface area contributed by atoms with Crippen LogP contribution in [0.5, 0.6) is 17.4 Å². The summed E-state index contributed by atoms with van der Waals surface area (Å²) in [6.07, 6.45) is 7.12. The Balaban J connectivity index is 1.27. The SMILES string of the molecule is CC(C)(c1ccc(Oc2ccnc(-[n+]3ccn[nH]3)n2)cc1)c1ccc(OC2CC(N)C2)cc1. The third-order valence-corrected chi connectivity index (χ3v) is 6.10. The number of aromatic nitrogens is 5. The summed E-state index contributed by atoms with van der Waals surface area (Å²) in [5.74, 6) is 2.51. The fourth-order valence-corrected chi connectivity index (χ4v) is 3.92. The molecule has 0 saturated heterocycles. The van der Waals surface area contributed by atoms with Gasteiger partial charge in [0.05, 0.1) is 6.20 Å². The maximum atomic E-state index is 5.98. The average molecular weight is 444 g/mol. The summed E-state index contributed by atoms with van der Waals surface area (Å²) in [5, 5.41) is 6.68. The van der Waals surface area contributed by atoms with Crippen LogP contribution in [0.4, 0.5) is 0 Å². The van der Waals surface area contributed by atoms with Crippen LogP contribution in [0, 0.1) is 0 Å². The highest BCUT2D eigenvalue weighted by atomic mass is 16.5. The van der Waals surface area contributed by atoms with E-state index in [0.717, 1.165) is 18.6 Å². The lowest BCUT2D eigenvalue weighted by Gasteiger charge is -2.33. The Morgan fingerprint density at radius 2 is 1.61 bits per heavy atom. The molecule has 33 heavy (non-hydrogen) atoms. The normalized spacial score (nSPS) is 17.9. The van der Waals surface area contributed by atoms with Crippen molar-refractivity contribution >= 4 is 0 Å². The molecule has 4 aromatic rings. The van der Waals surface area contributed by atoms with Gasteiger partial charge < -0.3 is 15.2 Å². The summed E-state index contributed by atoms with van der Waals surface area (Å²) in [5.41, 5.74) is 8.08. The van der Waals surface area contributed by atoms with E-state index in [2.05, 4.69) is 58.4 Å². The van der Waals surface area contributed by atoms with Gasteiger partial charge in [-0.15, -0.1) is 14.9 Å². The maximum absolute atomic E-state index is 5.98. The lowest BCUT2D eigenvalue weighted by Crippen LogP contribution is -2.43. The van der Waals surface area contributed by atoms with E-state index in [-0.39, 0.29) is 17.6 Å². The van der Waals surface area contributed by atoms with Gasteiger partial charge in [-0.3, -0.25) is 0 Å².